The van der Waals surface area contributed by atoms with E-state index in [4.69, 9.17) is 4.74 Å². The lowest BCUT2D eigenvalue weighted by Crippen LogP contribution is -2.23. The van der Waals surface area contributed by atoms with Gasteiger partial charge in [-0.05, 0) is 36.8 Å². The molecule has 1 heterocycles. The summed E-state index contributed by atoms with van der Waals surface area (Å²) in [6.07, 6.45) is 2.93. The van der Waals surface area contributed by atoms with Gasteiger partial charge in [0.15, 0.2) is 5.78 Å². The van der Waals surface area contributed by atoms with Crippen LogP contribution in [0.25, 0.3) is 0 Å². The SMILES string of the molecule is CCC1OCCC1C(=O)c1cccc(CC(C)C)c1. The van der Waals surface area contributed by atoms with Crippen molar-refractivity contribution >= 4 is 5.78 Å². The first-order valence-corrected chi connectivity index (χ1v) is 7.36. The zero-order valence-electron chi connectivity index (χ0n) is 12.2. The second kappa shape index (κ2) is 6.33. The standard InChI is InChI=1S/C17H24O2/c1-4-16-15(8-9-19-16)17(18)14-7-5-6-13(11-14)10-12(2)3/h5-7,11-12,15-16H,4,8-10H2,1-3H3. The van der Waals surface area contributed by atoms with Gasteiger partial charge < -0.3 is 4.74 Å². The van der Waals surface area contributed by atoms with Crippen LogP contribution in [0, 0.1) is 11.8 Å². The van der Waals surface area contributed by atoms with Crippen molar-refractivity contribution in [3.8, 4) is 0 Å². The van der Waals surface area contributed by atoms with Crippen molar-refractivity contribution in [3.05, 3.63) is 35.4 Å². The Morgan fingerprint density at radius 1 is 1.42 bits per heavy atom. The molecule has 0 N–H and O–H groups in total. The molecular formula is C17H24O2. The minimum Gasteiger partial charge on any atom is -0.377 e. The van der Waals surface area contributed by atoms with Gasteiger partial charge in [-0.1, -0.05) is 39.0 Å². The molecule has 19 heavy (non-hydrogen) atoms. The minimum atomic E-state index is 0.0549. The number of carbonyl (C=O) groups excluding carboxylic acids is 1. The van der Waals surface area contributed by atoms with Crippen LogP contribution < -0.4 is 0 Å². The zero-order chi connectivity index (χ0) is 13.8. The van der Waals surface area contributed by atoms with Crippen molar-refractivity contribution in [2.45, 2.75) is 46.1 Å². The molecule has 0 spiro atoms. The number of carbonyl (C=O) groups is 1. The number of ketones is 1. The first-order chi connectivity index (χ1) is 9.11. The van der Waals surface area contributed by atoms with Gasteiger partial charge in [0.2, 0.25) is 0 Å². The molecule has 0 bridgehead atoms. The number of Topliss-reactive ketones (excluding diaryl/α,β-unsaturated/α-hetero) is 1. The molecule has 1 aliphatic rings. The molecule has 0 amide bonds. The van der Waals surface area contributed by atoms with Crippen molar-refractivity contribution in [1.29, 1.82) is 0 Å². The van der Waals surface area contributed by atoms with E-state index >= 15 is 0 Å². The lowest BCUT2D eigenvalue weighted by atomic mass is 9.89. The molecule has 1 aromatic carbocycles. The molecule has 2 heteroatoms. The molecule has 2 atom stereocenters. The van der Waals surface area contributed by atoms with Gasteiger partial charge in [0.1, 0.15) is 0 Å². The van der Waals surface area contributed by atoms with Gasteiger partial charge in [0, 0.05) is 12.2 Å². The number of ether oxygens (including phenoxy) is 1. The third-order valence-electron chi connectivity index (χ3n) is 3.80. The monoisotopic (exact) mass is 260 g/mol. The van der Waals surface area contributed by atoms with Gasteiger partial charge in [-0.2, -0.15) is 0 Å². The van der Waals surface area contributed by atoms with E-state index < -0.39 is 0 Å². The molecule has 1 saturated heterocycles. The summed E-state index contributed by atoms with van der Waals surface area (Å²) in [5.41, 5.74) is 2.11. The van der Waals surface area contributed by atoms with Crippen LogP contribution >= 0.6 is 0 Å². The number of rotatable bonds is 5. The van der Waals surface area contributed by atoms with Crippen LogP contribution in [-0.4, -0.2) is 18.5 Å². The highest BCUT2D eigenvalue weighted by Gasteiger charge is 2.33. The van der Waals surface area contributed by atoms with Crippen molar-refractivity contribution < 1.29 is 9.53 Å². The summed E-state index contributed by atoms with van der Waals surface area (Å²) < 4.78 is 5.63. The number of benzene rings is 1. The van der Waals surface area contributed by atoms with Gasteiger partial charge in [0.25, 0.3) is 0 Å². The van der Waals surface area contributed by atoms with Crippen LogP contribution in [0.4, 0.5) is 0 Å². The molecule has 104 valence electrons. The van der Waals surface area contributed by atoms with Crippen LogP contribution in [0.2, 0.25) is 0 Å². The largest absolute Gasteiger partial charge is 0.377 e. The van der Waals surface area contributed by atoms with E-state index in [9.17, 15) is 4.79 Å². The molecule has 2 rings (SSSR count). The summed E-state index contributed by atoms with van der Waals surface area (Å²) in [5.74, 6) is 0.929. The molecule has 1 aromatic rings. The summed E-state index contributed by atoms with van der Waals surface area (Å²) >= 11 is 0. The number of hydrogen-bond donors (Lipinski definition) is 0. The zero-order valence-corrected chi connectivity index (χ0v) is 12.2. The van der Waals surface area contributed by atoms with E-state index in [0.717, 1.165) is 31.4 Å². The van der Waals surface area contributed by atoms with E-state index in [0.29, 0.717) is 5.92 Å². The first-order valence-electron chi connectivity index (χ1n) is 7.36. The molecule has 1 fully saturated rings. The Balaban J connectivity index is 2.14. The van der Waals surface area contributed by atoms with E-state index in [1.165, 1.54) is 5.56 Å². The average Bonchev–Trinajstić information content (AvgIpc) is 2.85. The van der Waals surface area contributed by atoms with E-state index in [1.807, 2.05) is 12.1 Å². The number of hydrogen-bond acceptors (Lipinski definition) is 2. The highest BCUT2D eigenvalue weighted by atomic mass is 16.5. The topological polar surface area (TPSA) is 26.3 Å². The molecular weight excluding hydrogens is 236 g/mol. The smallest absolute Gasteiger partial charge is 0.168 e. The van der Waals surface area contributed by atoms with Crippen molar-refractivity contribution in [3.63, 3.8) is 0 Å². The van der Waals surface area contributed by atoms with Gasteiger partial charge in [-0.3, -0.25) is 4.79 Å². The molecule has 0 saturated carbocycles. The highest BCUT2D eigenvalue weighted by Crippen LogP contribution is 2.27. The molecule has 2 unspecified atom stereocenters. The summed E-state index contributed by atoms with van der Waals surface area (Å²) in [4.78, 5) is 12.6. The molecule has 2 nitrogen and oxygen atoms in total. The highest BCUT2D eigenvalue weighted by molar-refractivity contribution is 5.98. The fourth-order valence-electron chi connectivity index (χ4n) is 2.89. The minimum absolute atomic E-state index is 0.0549. The summed E-state index contributed by atoms with van der Waals surface area (Å²) in [6.45, 7) is 7.21. The van der Waals surface area contributed by atoms with Crippen LogP contribution in [0.5, 0.6) is 0 Å². The Bertz CT molecular complexity index is 437. The fourth-order valence-corrected chi connectivity index (χ4v) is 2.89. The Hall–Kier alpha value is -1.15. The van der Waals surface area contributed by atoms with Gasteiger partial charge >= 0.3 is 0 Å². The lowest BCUT2D eigenvalue weighted by Gasteiger charge is -2.16. The maximum Gasteiger partial charge on any atom is 0.168 e. The predicted octanol–water partition coefficient (Wildman–Crippen LogP) is 3.88. The van der Waals surface area contributed by atoms with Crippen LogP contribution in [-0.2, 0) is 11.2 Å². The first kappa shape index (κ1) is 14.3. The van der Waals surface area contributed by atoms with Gasteiger partial charge in [0.05, 0.1) is 12.0 Å². The van der Waals surface area contributed by atoms with E-state index in [2.05, 4.69) is 32.9 Å². The maximum absolute atomic E-state index is 12.6. The third-order valence-corrected chi connectivity index (χ3v) is 3.80. The summed E-state index contributed by atoms with van der Waals surface area (Å²) in [6, 6.07) is 8.12. The van der Waals surface area contributed by atoms with Crippen molar-refractivity contribution in [2.75, 3.05) is 6.61 Å². The Labute approximate surface area is 116 Å². The van der Waals surface area contributed by atoms with E-state index in [-0.39, 0.29) is 17.8 Å². The van der Waals surface area contributed by atoms with Crippen LogP contribution in [0.3, 0.4) is 0 Å². The lowest BCUT2D eigenvalue weighted by molar-refractivity contribution is 0.0689. The third kappa shape index (κ3) is 3.44. The van der Waals surface area contributed by atoms with Crippen LogP contribution in [0.1, 0.15) is 49.5 Å². The molecule has 0 radical (unpaired) electrons. The van der Waals surface area contributed by atoms with Crippen molar-refractivity contribution in [1.82, 2.24) is 0 Å². The summed E-state index contributed by atoms with van der Waals surface area (Å²) in [5, 5.41) is 0. The fraction of sp³-hybridized carbons (Fsp3) is 0.588. The molecule has 0 aromatic heterocycles. The van der Waals surface area contributed by atoms with Crippen LogP contribution in [0.15, 0.2) is 24.3 Å². The second-order valence-corrected chi connectivity index (χ2v) is 5.88. The quantitative estimate of drug-likeness (QED) is 0.751. The molecule has 0 aliphatic carbocycles. The Morgan fingerprint density at radius 3 is 2.89 bits per heavy atom. The Kier molecular flexibility index (Phi) is 4.76. The molecule has 1 aliphatic heterocycles. The normalized spacial score (nSPS) is 22.9. The van der Waals surface area contributed by atoms with Crippen molar-refractivity contribution in [2.24, 2.45) is 11.8 Å². The maximum atomic E-state index is 12.6. The average molecular weight is 260 g/mol. The van der Waals surface area contributed by atoms with Gasteiger partial charge in [-0.15, -0.1) is 0 Å². The van der Waals surface area contributed by atoms with E-state index in [1.54, 1.807) is 0 Å². The Morgan fingerprint density at radius 2 is 2.21 bits per heavy atom. The predicted molar refractivity (Wildman–Crippen MR) is 77.5 cm³/mol. The summed E-state index contributed by atoms with van der Waals surface area (Å²) in [7, 11) is 0. The van der Waals surface area contributed by atoms with Gasteiger partial charge in [-0.25, -0.2) is 0 Å². The second-order valence-electron chi connectivity index (χ2n) is 5.88.